The van der Waals surface area contributed by atoms with Gasteiger partial charge in [-0.3, -0.25) is 4.79 Å². The molecular weight excluding hydrogens is 304 g/mol. The number of aliphatic hydroxyl groups is 1. The van der Waals surface area contributed by atoms with Crippen LogP contribution in [-0.2, 0) is 0 Å². The van der Waals surface area contributed by atoms with E-state index in [2.05, 4.69) is 10.2 Å². The first kappa shape index (κ1) is 15.5. The van der Waals surface area contributed by atoms with Crippen LogP contribution in [-0.4, -0.2) is 51.2 Å². The largest absolute Gasteiger partial charge is 0.394 e. The Morgan fingerprint density at radius 3 is 2.78 bits per heavy atom. The molecule has 0 aliphatic carbocycles. The normalized spacial score (nSPS) is 19.8. The first-order valence-corrected chi connectivity index (χ1v) is 7.18. The monoisotopic (exact) mass is 319 g/mol. The van der Waals surface area contributed by atoms with Gasteiger partial charge in [0.05, 0.1) is 36.6 Å². The molecule has 2 aromatic rings. The van der Waals surface area contributed by atoms with Gasteiger partial charge in [-0.15, -0.1) is 0 Å². The van der Waals surface area contributed by atoms with Crippen LogP contribution >= 0.6 is 0 Å². The van der Waals surface area contributed by atoms with Gasteiger partial charge in [-0.1, -0.05) is 30.3 Å². The summed E-state index contributed by atoms with van der Waals surface area (Å²) in [7, 11) is 0. The molecule has 120 valence electrons. The van der Waals surface area contributed by atoms with Crippen molar-refractivity contribution in [3.05, 3.63) is 48.2 Å². The van der Waals surface area contributed by atoms with E-state index >= 15 is 0 Å². The number of likely N-dealkylation sites (tertiary alicyclic amines) is 1. The van der Waals surface area contributed by atoms with E-state index in [-0.39, 0.29) is 5.56 Å². The molecule has 1 saturated heterocycles. The Morgan fingerprint density at radius 1 is 1.35 bits per heavy atom. The maximum Gasteiger partial charge on any atom is 0.267 e. The fraction of sp³-hybridized carbons (Fsp3) is 0.312. The molecule has 1 aliphatic heterocycles. The van der Waals surface area contributed by atoms with Crippen LogP contribution in [0.4, 0.5) is 8.78 Å². The number of hydrogen-bond donors (Lipinski definition) is 1. The predicted octanol–water partition coefficient (Wildman–Crippen LogP) is 1.99. The van der Waals surface area contributed by atoms with Gasteiger partial charge in [-0.25, -0.2) is 8.78 Å². The molecule has 1 aliphatic rings. The van der Waals surface area contributed by atoms with Crippen LogP contribution in [0.5, 0.6) is 0 Å². The van der Waals surface area contributed by atoms with Gasteiger partial charge < -0.3 is 10.0 Å². The van der Waals surface area contributed by atoms with Crippen LogP contribution in [0, 0.1) is 0 Å². The van der Waals surface area contributed by atoms with Gasteiger partial charge >= 0.3 is 0 Å². The number of aromatic nitrogens is 2. The summed E-state index contributed by atoms with van der Waals surface area (Å²) in [6.45, 7) is -1.19. The van der Waals surface area contributed by atoms with E-state index in [1.165, 1.54) is 12.3 Å². The van der Waals surface area contributed by atoms with Crippen LogP contribution in [0.2, 0.25) is 0 Å². The number of nitrogens with zero attached hydrogens (tertiary/aromatic N) is 3. The average molecular weight is 319 g/mol. The molecule has 23 heavy (non-hydrogen) atoms. The standard InChI is InChI=1S/C16H15F2N3O2/c17-16(18)7-13(9-22)21(10-16)15(23)12-6-14(20-19-8-12)11-4-2-1-3-5-11/h1-6,8,13,22H,7,9-10H2. The van der Waals surface area contributed by atoms with E-state index in [1.807, 2.05) is 30.3 Å². The molecular formula is C16H15F2N3O2. The minimum Gasteiger partial charge on any atom is -0.394 e. The highest BCUT2D eigenvalue weighted by Gasteiger charge is 2.46. The maximum atomic E-state index is 13.5. The van der Waals surface area contributed by atoms with E-state index in [0.29, 0.717) is 5.69 Å². The second-order valence-corrected chi connectivity index (χ2v) is 5.53. The molecule has 0 radical (unpaired) electrons. The molecule has 5 nitrogen and oxygen atoms in total. The van der Waals surface area contributed by atoms with Gasteiger partial charge in [0.25, 0.3) is 11.8 Å². The third kappa shape index (κ3) is 3.19. The Kier molecular flexibility index (Phi) is 4.04. The number of alkyl halides is 2. The van der Waals surface area contributed by atoms with E-state index < -0.39 is 37.4 Å². The topological polar surface area (TPSA) is 66.3 Å². The van der Waals surface area contributed by atoms with Gasteiger partial charge in [0.15, 0.2) is 0 Å². The second kappa shape index (κ2) is 6.00. The van der Waals surface area contributed by atoms with Crippen molar-refractivity contribution in [3.8, 4) is 11.3 Å². The van der Waals surface area contributed by atoms with Gasteiger partial charge in [0.1, 0.15) is 0 Å². The SMILES string of the molecule is O=C(c1cnnc(-c2ccccc2)c1)N1CC(F)(F)CC1CO. The highest BCUT2D eigenvalue weighted by atomic mass is 19.3. The van der Waals surface area contributed by atoms with Crippen LogP contribution in [0.25, 0.3) is 11.3 Å². The minimum absolute atomic E-state index is 0.176. The summed E-state index contributed by atoms with van der Waals surface area (Å²) in [5.41, 5.74) is 1.44. The number of halogens is 2. The van der Waals surface area contributed by atoms with Crippen molar-refractivity contribution in [3.63, 3.8) is 0 Å². The Morgan fingerprint density at radius 2 is 2.09 bits per heavy atom. The number of carbonyl (C=O) groups is 1. The first-order valence-electron chi connectivity index (χ1n) is 7.18. The summed E-state index contributed by atoms with van der Waals surface area (Å²) >= 11 is 0. The molecule has 3 rings (SSSR count). The molecule has 1 atom stereocenters. The zero-order valence-corrected chi connectivity index (χ0v) is 12.2. The molecule has 0 spiro atoms. The van der Waals surface area contributed by atoms with E-state index in [4.69, 9.17) is 0 Å². The Hall–Kier alpha value is -2.41. The molecule has 2 heterocycles. The lowest BCUT2D eigenvalue weighted by molar-refractivity contribution is 0.0116. The fourth-order valence-electron chi connectivity index (χ4n) is 2.70. The van der Waals surface area contributed by atoms with Crippen molar-refractivity contribution < 1.29 is 18.7 Å². The third-order valence-electron chi connectivity index (χ3n) is 3.82. The summed E-state index contributed by atoms with van der Waals surface area (Å²) in [4.78, 5) is 13.5. The summed E-state index contributed by atoms with van der Waals surface area (Å²) < 4.78 is 27.0. The number of aliphatic hydroxyl groups excluding tert-OH is 1. The molecule has 1 unspecified atom stereocenters. The van der Waals surface area contributed by atoms with Crippen molar-refractivity contribution in [2.45, 2.75) is 18.4 Å². The van der Waals surface area contributed by atoms with Crippen LogP contribution in [0.3, 0.4) is 0 Å². The molecule has 1 aromatic heterocycles. The smallest absolute Gasteiger partial charge is 0.267 e. The zero-order valence-electron chi connectivity index (χ0n) is 12.2. The van der Waals surface area contributed by atoms with Crippen LogP contribution < -0.4 is 0 Å². The van der Waals surface area contributed by atoms with Crippen molar-refractivity contribution in [1.82, 2.24) is 15.1 Å². The third-order valence-corrected chi connectivity index (χ3v) is 3.82. The van der Waals surface area contributed by atoms with Crippen molar-refractivity contribution in [2.75, 3.05) is 13.2 Å². The summed E-state index contributed by atoms with van der Waals surface area (Å²) in [6.07, 6.45) is 0.721. The van der Waals surface area contributed by atoms with E-state index in [0.717, 1.165) is 10.5 Å². The molecule has 1 N–H and O–H groups in total. The Balaban J connectivity index is 1.89. The number of amides is 1. The van der Waals surface area contributed by atoms with Gasteiger partial charge in [0.2, 0.25) is 0 Å². The lowest BCUT2D eigenvalue weighted by Crippen LogP contribution is -2.38. The van der Waals surface area contributed by atoms with Gasteiger partial charge in [-0.2, -0.15) is 10.2 Å². The molecule has 1 aromatic carbocycles. The number of rotatable bonds is 3. The molecule has 0 saturated carbocycles. The lowest BCUT2D eigenvalue weighted by Gasteiger charge is -2.22. The van der Waals surface area contributed by atoms with E-state index in [9.17, 15) is 18.7 Å². The van der Waals surface area contributed by atoms with Gasteiger partial charge in [-0.05, 0) is 6.07 Å². The first-order chi connectivity index (χ1) is 11.0. The van der Waals surface area contributed by atoms with Crippen molar-refractivity contribution in [1.29, 1.82) is 0 Å². The number of benzene rings is 1. The van der Waals surface area contributed by atoms with Crippen molar-refractivity contribution >= 4 is 5.91 Å². The zero-order chi connectivity index (χ0) is 16.4. The molecule has 1 fully saturated rings. The molecule has 0 bridgehead atoms. The molecule has 1 amide bonds. The minimum atomic E-state index is -2.98. The summed E-state index contributed by atoms with van der Waals surface area (Å²) in [5.74, 6) is -3.56. The number of carbonyl (C=O) groups excluding carboxylic acids is 1. The Labute approximate surface area is 131 Å². The lowest BCUT2D eigenvalue weighted by atomic mass is 10.1. The fourth-order valence-corrected chi connectivity index (χ4v) is 2.70. The summed E-state index contributed by atoms with van der Waals surface area (Å²) in [6, 6.07) is 9.78. The average Bonchev–Trinajstić information content (AvgIpc) is 2.90. The second-order valence-electron chi connectivity index (χ2n) is 5.53. The van der Waals surface area contributed by atoms with Crippen molar-refractivity contribution in [2.24, 2.45) is 0 Å². The number of hydrogen-bond acceptors (Lipinski definition) is 4. The highest BCUT2D eigenvalue weighted by Crippen LogP contribution is 2.33. The van der Waals surface area contributed by atoms with Gasteiger partial charge in [0, 0.05) is 12.0 Å². The Bertz CT molecular complexity index is 709. The highest BCUT2D eigenvalue weighted by molar-refractivity contribution is 5.95. The molecule has 7 heteroatoms. The van der Waals surface area contributed by atoms with Crippen LogP contribution in [0.1, 0.15) is 16.8 Å². The predicted molar refractivity (Wildman–Crippen MR) is 78.9 cm³/mol. The van der Waals surface area contributed by atoms with E-state index in [1.54, 1.807) is 0 Å². The quantitative estimate of drug-likeness (QED) is 0.939. The summed E-state index contributed by atoms with van der Waals surface area (Å²) in [5, 5.41) is 17.0. The van der Waals surface area contributed by atoms with Crippen LogP contribution in [0.15, 0.2) is 42.6 Å². The maximum absolute atomic E-state index is 13.5.